The maximum atomic E-state index is 12.3. The lowest BCUT2D eigenvalue weighted by molar-refractivity contribution is 0.0946. The first-order valence-corrected chi connectivity index (χ1v) is 9.20. The Morgan fingerprint density at radius 2 is 2.08 bits per heavy atom. The van der Waals surface area contributed by atoms with E-state index in [9.17, 15) is 4.79 Å². The normalized spacial score (nSPS) is 20.6. The predicted molar refractivity (Wildman–Crippen MR) is 93.9 cm³/mol. The van der Waals surface area contributed by atoms with Crippen molar-refractivity contribution in [3.05, 3.63) is 23.8 Å². The van der Waals surface area contributed by atoms with Crippen LogP contribution in [0.25, 0.3) is 0 Å². The Morgan fingerprint density at radius 3 is 2.92 bits per heavy atom. The summed E-state index contributed by atoms with van der Waals surface area (Å²) in [5.74, 6) is 1.33. The minimum atomic E-state index is -0.0438. The van der Waals surface area contributed by atoms with Crippen molar-refractivity contribution in [2.75, 3.05) is 32.8 Å². The number of nitrogens with one attached hydrogen (secondary N) is 1. The molecule has 2 aliphatic rings. The van der Waals surface area contributed by atoms with Crippen LogP contribution < -0.4 is 14.8 Å². The largest absolute Gasteiger partial charge is 0.486 e. The number of carbonyl (C=O) groups excluding carboxylic acids is 1. The summed E-state index contributed by atoms with van der Waals surface area (Å²) < 4.78 is 11.0. The summed E-state index contributed by atoms with van der Waals surface area (Å²) in [5, 5.41) is 3.02. The van der Waals surface area contributed by atoms with E-state index in [1.165, 1.54) is 32.2 Å². The summed E-state index contributed by atoms with van der Waals surface area (Å²) >= 11 is 0. The van der Waals surface area contributed by atoms with E-state index in [2.05, 4.69) is 17.1 Å². The van der Waals surface area contributed by atoms with Crippen LogP contribution in [0.1, 0.15) is 49.4 Å². The van der Waals surface area contributed by atoms with Crippen LogP contribution in [0.3, 0.4) is 0 Å². The molecule has 1 aromatic rings. The van der Waals surface area contributed by atoms with Crippen LogP contribution in [0.2, 0.25) is 0 Å². The van der Waals surface area contributed by atoms with E-state index in [1.807, 2.05) is 6.07 Å². The van der Waals surface area contributed by atoms with Crippen LogP contribution in [-0.2, 0) is 0 Å². The molecule has 1 saturated heterocycles. The number of fused-ring (bicyclic) bond motifs is 1. The van der Waals surface area contributed by atoms with E-state index in [-0.39, 0.29) is 5.91 Å². The van der Waals surface area contributed by atoms with Gasteiger partial charge in [-0.05, 0) is 50.4 Å². The molecule has 2 aliphatic heterocycles. The molecule has 1 aromatic carbocycles. The second-order valence-corrected chi connectivity index (χ2v) is 6.56. The quantitative estimate of drug-likeness (QED) is 0.814. The topological polar surface area (TPSA) is 50.8 Å². The van der Waals surface area contributed by atoms with Crippen molar-refractivity contribution in [1.82, 2.24) is 10.2 Å². The molecule has 3 rings (SSSR count). The lowest BCUT2D eigenvalue weighted by Crippen LogP contribution is -2.40. The molecule has 2 heterocycles. The third-order valence-electron chi connectivity index (χ3n) is 4.93. The Hall–Kier alpha value is -1.75. The van der Waals surface area contributed by atoms with Gasteiger partial charge in [-0.1, -0.05) is 13.3 Å². The fraction of sp³-hybridized carbons (Fsp3) is 0.632. The molecule has 0 unspecified atom stereocenters. The van der Waals surface area contributed by atoms with Crippen molar-refractivity contribution in [1.29, 1.82) is 0 Å². The monoisotopic (exact) mass is 332 g/mol. The fourth-order valence-electron chi connectivity index (χ4n) is 3.59. The minimum Gasteiger partial charge on any atom is -0.486 e. The summed E-state index contributed by atoms with van der Waals surface area (Å²) in [6.07, 6.45) is 6.20. The molecule has 1 amide bonds. The minimum absolute atomic E-state index is 0.0438. The van der Waals surface area contributed by atoms with E-state index in [0.29, 0.717) is 36.8 Å². The van der Waals surface area contributed by atoms with Gasteiger partial charge in [-0.15, -0.1) is 0 Å². The third kappa shape index (κ3) is 4.20. The first-order valence-electron chi connectivity index (χ1n) is 9.20. The van der Waals surface area contributed by atoms with Crippen LogP contribution in [0, 0.1) is 0 Å². The Bertz CT molecular complexity index is 562. The smallest absolute Gasteiger partial charge is 0.251 e. The molecule has 5 nitrogen and oxygen atoms in total. The summed E-state index contributed by atoms with van der Waals surface area (Å²) in [7, 11) is 0. The van der Waals surface area contributed by atoms with Crippen LogP contribution in [0.15, 0.2) is 18.2 Å². The number of piperidine rings is 1. The molecule has 1 N–H and O–H groups in total. The highest BCUT2D eigenvalue weighted by atomic mass is 16.6. The predicted octanol–water partition coefficient (Wildman–Crippen LogP) is 2.84. The number of ether oxygens (including phenoxy) is 2. The standard InChI is InChI=1S/C19H28N2O3/c1-2-16-6-3-4-10-21(16)11-5-9-20-19(22)15-7-8-17-18(14-15)24-13-12-23-17/h7-8,14,16H,2-6,9-13H2,1H3,(H,20,22)/t16-/m0/s1. The summed E-state index contributed by atoms with van der Waals surface area (Å²) in [4.78, 5) is 14.9. The Morgan fingerprint density at radius 1 is 1.25 bits per heavy atom. The average Bonchev–Trinajstić information content (AvgIpc) is 2.65. The highest BCUT2D eigenvalue weighted by molar-refractivity contribution is 5.94. The molecule has 132 valence electrons. The van der Waals surface area contributed by atoms with Crippen molar-refractivity contribution in [3.63, 3.8) is 0 Å². The number of rotatable bonds is 6. The molecular weight excluding hydrogens is 304 g/mol. The molecule has 0 saturated carbocycles. The zero-order chi connectivity index (χ0) is 16.8. The lowest BCUT2D eigenvalue weighted by atomic mass is 10.00. The number of amides is 1. The lowest BCUT2D eigenvalue weighted by Gasteiger charge is -2.35. The van der Waals surface area contributed by atoms with Crippen molar-refractivity contribution in [2.45, 2.75) is 45.1 Å². The van der Waals surface area contributed by atoms with Crippen molar-refractivity contribution >= 4 is 5.91 Å². The molecule has 0 radical (unpaired) electrons. The van der Waals surface area contributed by atoms with Gasteiger partial charge in [-0.2, -0.15) is 0 Å². The summed E-state index contributed by atoms with van der Waals surface area (Å²) in [6, 6.07) is 6.10. The van der Waals surface area contributed by atoms with Gasteiger partial charge in [-0.25, -0.2) is 0 Å². The third-order valence-corrected chi connectivity index (χ3v) is 4.93. The van der Waals surface area contributed by atoms with E-state index < -0.39 is 0 Å². The first-order chi connectivity index (χ1) is 11.8. The number of nitrogens with zero attached hydrogens (tertiary/aromatic N) is 1. The molecule has 5 heteroatoms. The number of hydrogen-bond acceptors (Lipinski definition) is 4. The van der Waals surface area contributed by atoms with Gasteiger partial charge in [0, 0.05) is 24.7 Å². The number of likely N-dealkylation sites (tertiary alicyclic amines) is 1. The highest BCUT2D eigenvalue weighted by Crippen LogP contribution is 2.30. The van der Waals surface area contributed by atoms with Gasteiger partial charge in [0.15, 0.2) is 11.5 Å². The van der Waals surface area contributed by atoms with Crippen molar-refractivity contribution in [3.8, 4) is 11.5 Å². The molecule has 0 spiro atoms. The van der Waals surface area contributed by atoms with Gasteiger partial charge >= 0.3 is 0 Å². The van der Waals surface area contributed by atoms with Gasteiger partial charge in [0.25, 0.3) is 5.91 Å². The van der Waals surface area contributed by atoms with Crippen LogP contribution in [0.4, 0.5) is 0 Å². The average molecular weight is 332 g/mol. The zero-order valence-corrected chi connectivity index (χ0v) is 14.6. The van der Waals surface area contributed by atoms with Gasteiger partial charge in [0.1, 0.15) is 13.2 Å². The van der Waals surface area contributed by atoms with E-state index >= 15 is 0 Å². The van der Waals surface area contributed by atoms with E-state index in [4.69, 9.17) is 9.47 Å². The van der Waals surface area contributed by atoms with Crippen LogP contribution in [-0.4, -0.2) is 49.7 Å². The fourth-order valence-corrected chi connectivity index (χ4v) is 3.59. The molecule has 0 aromatic heterocycles. The highest BCUT2D eigenvalue weighted by Gasteiger charge is 2.20. The van der Waals surface area contributed by atoms with E-state index in [1.54, 1.807) is 12.1 Å². The summed E-state index contributed by atoms with van der Waals surface area (Å²) in [6.45, 7) is 6.35. The van der Waals surface area contributed by atoms with Crippen LogP contribution >= 0.6 is 0 Å². The van der Waals surface area contributed by atoms with E-state index in [0.717, 1.165) is 19.0 Å². The number of carbonyl (C=O) groups is 1. The maximum Gasteiger partial charge on any atom is 0.251 e. The Kier molecular flexibility index (Phi) is 5.96. The molecule has 0 bridgehead atoms. The Balaban J connectivity index is 1.44. The molecule has 1 atom stereocenters. The number of hydrogen-bond donors (Lipinski definition) is 1. The molecular formula is C19H28N2O3. The number of benzene rings is 1. The van der Waals surface area contributed by atoms with Gasteiger partial charge < -0.3 is 19.7 Å². The Labute approximate surface area is 144 Å². The maximum absolute atomic E-state index is 12.3. The SMILES string of the molecule is CC[C@H]1CCCCN1CCCNC(=O)c1ccc2c(c1)OCCO2. The van der Waals surface area contributed by atoms with Crippen LogP contribution in [0.5, 0.6) is 11.5 Å². The zero-order valence-electron chi connectivity index (χ0n) is 14.6. The summed E-state index contributed by atoms with van der Waals surface area (Å²) in [5.41, 5.74) is 0.628. The first kappa shape index (κ1) is 17.1. The molecule has 1 fully saturated rings. The van der Waals surface area contributed by atoms with Crippen molar-refractivity contribution in [2.24, 2.45) is 0 Å². The second kappa shape index (κ2) is 8.38. The molecule has 0 aliphatic carbocycles. The second-order valence-electron chi connectivity index (χ2n) is 6.56. The molecule has 24 heavy (non-hydrogen) atoms. The van der Waals surface area contributed by atoms with Gasteiger partial charge in [0.05, 0.1) is 0 Å². The van der Waals surface area contributed by atoms with Crippen molar-refractivity contribution < 1.29 is 14.3 Å². The van der Waals surface area contributed by atoms with Gasteiger partial charge in [-0.3, -0.25) is 4.79 Å². The van der Waals surface area contributed by atoms with Gasteiger partial charge in [0.2, 0.25) is 0 Å².